The van der Waals surface area contributed by atoms with Gasteiger partial charge < -0.3 is 19.7 Å². The summed E-state index contributed by atoms with van der Waals surface area (Å²) in [7, 11) is 0. The van der Waals surface area contributed by atoms with Crippen LogP contribution in [0.2, 0.25) is 0 Å². The third kappa shape index (κ3) is 4.41. The van der Waals surface area contributed by atoms with Gasteiger partial charge in [0.1, 0.15) is 13.2 Å². The minimum absolute atomic E-state index is 0.0293. The van der Waals surface area contributed by atoms with Crippen molar-refractivity contribution >= 4 is 17.5 Å². The molecule has 1 saturated heterocycles. The number of benzene rings is 2. The maximum absolute atomic E-state index is 13.0. The number of nitrogens with one attached hydrogen (secondary N) is 1. The highest BCUT2D eigenvalue weighted by Crippen LogP contribution is 2.34. The predicted octanol–water partition coefficient (Wildman–Crippen LogP) is 2.42. The van der Waals surface area contributed by atoms with E-state index in [4.69, 9.17) is 9.47 Å². The fraction of sp³-hybridized carbons (Fsp3) is 0.391. The Labute approximate surface area is 176 Å². The van der Waals surface area contributed by atoms with Crippen molar-refractivity contribution in [1.29, 1.82) is 0 Å². The van der Waals surface area contributed by atoms with Gasteiger partial charge in [-0.3, -0.25) is 14.5 Å². The van der Waals surface area contributed by atoms with Gasteiger partial charge >= 0.3 is 0 Å². The second-order valence-electron chi connectivity index (χ2n) is 7.46. The molecule has 7 nitrogen and oxygen atoms in total. The Morgan fingerprint density at radius 2 is 1.73 bits per heavy atom. The molecule has 4 rings (SSSR count). The van der Waals surface area contributed by atoms with E-state index in [2.05, 4.69) is 17.1 Å². The van der Waals surface area contributed by atoms with E-state index in [1.807, 2.05) is 41.3 Å². The van der Waals surface area contributed by atoms with Crippen molar-refractivity contribution in [3.8, 4) is 11.5 Å². The lowest BCUT2D eigenvalue weighted by Crippen LogP contribution is -2.50. The van der Waals surface area contributed by atoms with E-state index < -0.39 is 0 Å². The Morgan fingerprint density at radius 1 is 0.967 bits per heavy atom. The second-order valence-corrected chi connectivity index (χ2v) is 7.46. The monoisotopic (exact) mass is 409 g/mol. The summed E-state index contributed by atoms with van der Waals surface area (Å²) in [5.41, 5.74) is 2.53. The van der Waals surface area contributed by atoms with Gasteiger partial charge in [-0.15, -0.1) is 0 Å². The Hall–Kier alpha value is -3.06. The van der Waals surface area contributed by atoms with Gasteiger partial charge in [-0.2, -0.15) is 0 Å². The zero-order chi connectivity index (χ0) is 20.9. The maximum atomic E-state index is 13.0. The van der Waals surface area contributed by atoms with Gasteiger partial charge in [0.2, 0.25) is 5.91 Å². The van der Waals surface area contributed by atoms with E-state index in [1.165, 1.54) is 0 Å². The number of rotatable bonds is 5. The number of piperazine rings is 1. The van der Waals surface area contributed by atoms with Crippen LogP contribution in [0, 0.1) is 0 Å². The minimum atomic E-state index is -0.0571. The molecule has 7 heteroatoms. The molecule has 1 N–H and O–H groups in total. The van der Waals surface area contributed by atoms with Gasteiger partial charge in [0.05, 0.1) is 12.1 Å². The highest BCUT2D eigenvalue weighted by atomic mass is 16.6. The molecule has 0 bridgehead atoms. The molecule has 2 aliphatic heterocycles. The quantitative estimate of drug-likeness (QED) is 0.821. The van der Waals surface area contributed by atoms with E-state index in [0.717, 1.165) is 17.7 Å². The lowest BCUT2D eigenvalue weighted by Gasteiger charge is -2.34. The molecule has 0 atom stereocenters. The molecule has 2 amide bonds. The predicted molar refractivity (Wildman–Crippen MR) is 114 cm³/mol. The number of anilines is 1. The molecular formula is C23H27N3O4. The zero-order valence-corrected chi connectivity index (χ0v) is 17.2. The standard InChI is InChI=1S/C23H27N3O4/c1-2-17-6-3-4-8-19(17)24-21(27)16-25-10-12-26(13-11-25)23(28)18-7-5-9-20-22(18)30-15-14-29-20/h3-9H,2,10-16H2,1H3,(H,24,27). The van der Waals surface area contributed by atoms with E-state index in [1.54, 1.807) is 6.07 Å². The topological polar surface area (TPSA) is 71.1 Å². The van der Waals surface area contributed by atoms with Gasteiger partial charge in [0, 0.05) is 31.9 Å². The first-order chi connectivity index (χ1) is 14.7. The van der Waals surface area contributed by atoms with Crippen LogP contribution in [0.1, 0.15) is 22.8 Å². The van der Waals surface area contributed by atoms with Crippen molar-refractivity contribution in [2.24, 2.45) is 0 Å². The first-order valence-corrected chi connectivity index (χ1v) is 10.4. The van der Waals surface area contributed by atoms with Crippen LogP contribution in [0.15, 0.2) is 42.5 Å². The van der Waals surface area contributed by atoms with E-state index in [-0.39, 0.29) is 11.8 Å². The Morgan fingerprint density at radius 3 is 2.53 bits per heavy atom. The summed E-state index contributed by atoms with van der Waals surface area (Å²) in [5.74, 6) is 1.07. The van der Waals surface area contributed by atoms with Crippen molar-refractivity contribution < 1.29 is 19.1 Å². The third-order valence-electron chi connectivity index (χ3n) is 5.50. The molecule has 2 aromatic carbocycles. The van der Waals surface area contributed by atoms with Gasteiger partial charge in [0.15, 0.2) is 11.5 Å². The molecule has 0 saturated carbocycles. The van der Waals surface area contributed by atoms with E-state index >= 15 is 0 Å². The van der Waals surface area contributed by atoms with Crippen LogP contribution in [0.4, 0.5) is 5.69 Å². The van der Waals surface area contributed by atoms with Gasteiger partial charge in [0.25, 0.3) is 5.91 Å². The van der Waals surface area contributed by atoms with Crippen LogP contribution in [-0.2, 0) is 11.2 Å². The normalized spacial score (nSPS) is 16.2. The summed E-state index contributed by atoms with van der Waals surface area (Å²) < 4.78 is 11.3. The molecule has 0 spiro atoms. The number of carbonyl (C=O) groups excluding carboxylic acids is 2. The second kappa shape index (κ2) is 9.17. The van der Waals surface area contributed by atoms with Gasteiger partial charge in [-0.05, 0) is 30.2 Å². The molecule has 0 radical (unpaired) electrons. The van der Waals surface area contributed by atoms with Gasteiger partial charge in [-0.25, -0.2) is 0 Å². The molecule has 0 unspecified atom stereocenters. The van der Waals surface area contributed by atoms with Crippen molar-refractivity contribution in [1.82, 2.24) is 9.80 Å². The lowest BCUT2D eigenvalue weighted by molar-refractivity contribution is -0.117. The number of ether oxygens (including phenoxy) is 2. The number of nitrogens with zero attached hydrogens (tertiary/aromatic N) is 2. The number of carbonyl (C=O) groups is 2. The van der Waals surface area contributed by atoms with Crippen molar-refractivity contribution in [2.45, 2.75) is 13.3 Å². The highest BCUT2D eigenvalue weighted by molar-refractivity contribution is 5.98. The molecule has 2 aromatic rings. The zero-order valence-electron chi connectivity index (χ0n) is 17.2. The van der Waals surface area contributed by atoms with Crippen LogP contribution < -0.4 is 14.8 Å². The molecular weight excluding hydrogens is 382 g/mol. The number of hydrogen-bond acceptors (Lipinski definition) is 5. The SMILES string of the molecule is CCc1ccccc1NC(=O)CN1CCN(C(=O)c2cccc3c2OCCO3)CC1. The van der Waals surface area contributed by atoms with E-state index in [0.29, 0.717) is 63.0 Å². The molecule has 0 aromatic heterocycles. The van der Waals surface area contributed by atoms with Crippen LogP contribution in [-0.4, -0.2) is 67.6 Å². The number of hydrogen-bond donors (Lipinski definition) is 1. The lowest BCUT2D eigenvalue weighted by atomic mass is 10.1. The van der Waals surface area contributed by atoms with Crippen LogP contribution >= 0.6 is 0 Å². The summed E-state index contributed by atoms with van der Waals surface area (Å²) in [6.07, 6.45) is 0.870. The van der Waals surface area contributed by atoms with Crippen LogP contribution in [0.5, 0.6) is 11.5 Å². The average molecular weight is 409 g/mol. The van der Waals surface area contributed by atoms with Crippen molar-refractivity contribution in [2.75, 3.05) is 51.3 Å². The first-order valence-electron chi connectivity index (χ1n) is 10.4. The number of para-hydroxylation sites is 2. The van der Waals surface area contributed by atoms with E-state index in [9.17, 15) is 9.59 Å². The largest absolute Gasteiger partial charge is 0.486 e. The molecule has 2 heterocycles. The Kier molecular flexibility index (Phi) is 6.18. The summed E-state index contributed by atoms with van der Waals surface area (Å²) in [6, 6.07) is 13.3. The minimum Gasteiger partial charge on any atom is -0.486 e. The third-order valence-corrected chi connectivity index (χ3v) is 5.50. The molecule has 30 heavy (non-hydrogen) atoms. The number of amides is 2. The summed E-state index contributed by atoms with van der Waals surface area (Å²) in [5, 5.41) is 3.01. The highest BCUT2D eigenvalue weighted by Gasteiger charge is 2.27. The first kappa shape index (κ1) is 20.2. The van der Waals surface area contributed by atoms with Crippen molar-refractivity contribution in [3.63, 3.8) is 0 Å². The fourth-order valence-electron chi connectivity index (χ4n) is 3.86. The van der Waals surface area contributed by atoms with Gasteiger partial charge in [-0.1, -0.05) is 31.2 Å². The molecule has 1 fully saturated rings. The number of fused-ring (bicyclic) bond motifs is 1. The fourth-order valence-corrected chi connectivity index (χ4v) is 3.86. The Bertz CT molecular complexity index is 922. The van der Waals surface area contributed by atoms with Crippen LogP contribution in [0.3, 0.4) is 0 Å². The molecule has 0 aliphatic carbocycles. The average Bonchev–Trinajstić information content (AvgIpc) is 2.79. The summed E-state index contributed by atoms with van der Waals surface area (Å²) in [4.78, 5) is 29.4. The van der Waals surface area contributed by atoms with Crippen molar-refractivity contribution in [3.05, 3.63) is 53.6 Å². The molecule has 158 valence electrons. The molecule has 2 aliphatic rings. The van der Waals surface area contributed by atoms with Crippen LogP contribution in [0.25, 0.3) is 0 Å². The Balaban J connectivity index is 1.32. The smallest absolute Gasteiger partial charge is 0.257 e. The summed E-state index contributed by atoms with van der Waals surface area (Å²) >= 11 is 0. The number of aryl methyl sites for hydroxylation is 1. The maximum Gasteiger partial charge on any atom is 0.257 e. The summed E-state index contributed by atoms with van der Waals surface area (Å²) in [6.45, 7) is 5.78.